The van der Waals surface area contributed by atoms with Gasteiger partial charge in [0.2, 0.25) is 0 Å². The third kappa shape index (κ3) is 5.54. The second kappa shape index (κ2) is 9.12. The Balaban J connectivity index is 4.27. The largest absolute Gasteiger partial charge is 0.298 e. The van der Waals surface area contributed by atoms with Gasteiger partial charge in [0.05, 0.1) is 0 Å². The summed E-state index contributed by atoms with van der Waals surface area (Å²) in [6, 6.07) is 0. The molecule has 3 heteroatoms. The summed E-state index contributed by atoms with van der Waals surface area (Å²) in [7, 11) is 0.650. The van der Waals surface area contributed by atoms with Gasteiger partial charge in [-0.15, -0.1) is 0 Å². The van der Waals surface area contributed by atoms with Gasteiger partial charge in [0.1, 0.15) is 5.60 Å². The zero-order chi connectivity index (χ0) is 13.3. The van der Waals surface area contributed by atoms with Gasteiger partial charge in [-0.2, -0.15) is 0 Å². The van der Waals surface area contributed by atoms with Crippen molar-refractivity contribution < 1.29 is 9.46 Å². The van der Waals surface area contributed by atoms with E-state index in [1.165, 1.54) is 32.1 Å². The van der Waals surface area contributed by atoms with Crippen molar-refractivity contribution in [2.75, 3.05) is 0 Å². The summed E-state index contributed by atoms with van der Waals surface area (Å²) in [5, 5.41) is 0. The van der Waals surface area contributed by atoms with Crippen LogP contribution in [0.5, 0.6) is 0 Å². The number of hydrogen-bond acceptors (Lipinski definition) is 2. The lowest BCUT2D eigenvalue weighted by atomic mass is 9.76. The molecule has 0 bridgehead atoms. The fourth-order valence-electron chi connectivity index (χ4n) is 2.64. The molecule has 0 unspecified atom stereocenters. The van der Waals surface area contributed by atoms with E-state index < -0.39 is 0 Å². The molecular weight excluding hydrogens is 228 g/mol. The minimum absolute atomic E-state index is 0.0893. The lowest BCUT2D eigenvalue weighted by Crippen LogP contribution is -2.43. The minimum atomic E-state index is -0.0893. The molecule has 0 rings (SSSR count). The van der Waals surface area contributed by atoms with Gasteiger partial charge in [-0.05, 0) is 18.3 Å². The third-order valence-corrected chi connectivity index (χ3v) is 4.03. The molecule has 0 N–H and O–H groups in total. The minimum Gasteiger partial charge on any atom is -0.298 e. The normalized spacial score (nSPS) is 12.9. The lowest BCUT2D eigenvalue weighted by Gasteiger charge is -2.39. The SMILES string of the molecule is CCCCCCCC(OO[SiH3])(C(C)C)C(C)C. The van der Waals surface area contributed by atoms with Gasteiger partial charge in [-0.25, -0.2) is 4.89 Å². The van der Waals surface area contributed by atoms with Crippen LogP contribution in [0, 0.1) is 11.8 Å². The molecule has 0 atom stereocenters. The quantitative estimate of drug-likeness (QED) is 0.258. The average Bonchev–Trinajstić information content (AvgIpc) is 2.26. The summed E-state index contributed by atoms with van der Waals surface area (Å²) in [5.74, 6) is 1.00. The van der Waals surface area contributed by atoms with Crippen LogP contribution in [0.3, 0.4) is 0 Å². The number of hydrogen-bond donors (Lipinski definition) is 0. The van der Waals surface area contributed by atoms with E-state index in [1.807, 2.05) is 0 Å². The fraction of sp³-hybridized carbons (Fsp3) is 1.00. The van der Waals surface area contributed by atoms with Crippen molar-refractivity contribution in [3.8, 4) is 0 Å². The molecule has 0 aliphatic carbocycles. The van der Waals surface area contributed by atoms with Crippen LogP contribution in [0.1, 0.15) is 73.1 Å². The van der Waals surface area contributed by atoms with Gasteiger partial charge in [-0.3, -0.25) is 4.58 Å². The van der Waals surface area contributed by atoms with Gasteiger partial charge in [0.25, 0.3) is 0 Å². The van der Waals surface area contributed by atoms with Gasteiger partial charge >= 0.3 is 0 Å². The van der Waals surface area contributed by atoms with E-state index in [0.29, 0.717) is 22.3 Å². The first kappa shape index (κ1) is 17.1. The predicted octanol–water partition coefficient (Wildman–Crippen LogP) is 3.63. The molecule has 2 nitrogen and oxygen atoms in total. The maximum Gasteiger partial charge on any atom is 0.193 e. The summed E-state index contributed by atoms with van der Waals surface area (Å²) in [5.41, 5.74) is -0.0893. The highest BCUT2D eigenvalue weighted by atomic mass is 28.2. The monoisotopic (exact) mass is 260 g/mol. The van der Waals surface area contributed by atoms with Crippen LogP contribution < -0.4 is 0 Å². The Kier molecular flexibility index (Phi) is 9.19. The standard InChI is InChI=1S/C14H32O2Si/c1-6-7-8-9-10-11-14(12(2)3,13(4)5)15-16-17/h12-13H,6-11H2,1-5,17H3. The van der Waals surface area contributed by atoms with E-state index in [9.17, 15) is 0 Å². The van der Waals surface area contributed by atoms with Gasteiger partial charge in [0.15, 0.2) is 10.5 Å². The Morgan fingerprint density at radius 3 is 1.88 bits per heavy atom. The number of rotatable bonds is 10. The Bertz CT molecular complexity index is 173. The molecule has 0 heterocycles. The van der Waals surface area contributed by atoms with E-state index in [-0.39, 0.29) is 5.60 Å². The Morgan fingerprint density at radius 2 is 1.47 bits per heavy atom. The molecule has 0 spiro atoms. The Morgan fingerprint density at radius 1 is 0.941 bits per heavy atom. The maximum absolute atomic E-state index is 5.72. The van der Waals surface area contributed by atoms with Crippen LogP contribution in [0.25, 0.3) is 0 Å². The Labute approximate surface area is 111 Å². The molecule has 0 aliphatic heterocycles. The third-order valence-electron chi connectivity index (χ3n) is 3.86. The van der Waals surface area contributed by atoms with E-state index in [4.69, 9.17) is 9.46 Å². The van der Waals surface area contributed by atoms with Crippen LogP contribution in [-0.2, 0) is 9.46 Å². The van der Waals surface area contributed by atoms with Crippen molar-refractivity contribution in [2.45, 2.75) is 78.7 Å². The zero-order valence-electron chi connectivity index (χ0n) is 12.7. The van der Waals surface area contributed by atoms with Crippen molar-refractivity contribution in [1.29, 1.82) is 0 Å². The van der Waals surface area contributed by atoms with Crippen molar-refractivity contribution in [1.82, 2.24) is 0 Å². The van der Waals surface area contributed by atoms with Crippen LogP contribution in [0.2, 0.25) is 0 Å². The summed E-state index contributed by atoms with van der Waals surface area (Å²) >= 11 is 0. The second-order valence-corrected chi connectivity index (χ2v) is 6.01. The van der Waals surface area contributed by atoms with E-state index >= 15 is 0 Å². The fourth-order valence-corrected chi connectivity index (χ4v) is 2.95. The molecule has 0 aliphatic rings. The first-order valence-corrected chi connectivity index (χ1v) is 8.04. The Hall–Kier alpha value is 0.137. The first-order valence-electron chi connectivity index (χ1n) is 7.23. The van der Waals surface area contributed by atoms with E-state index in [1.54, 1.807) is 0 Å². The average molecular weight is 260 g/mol. The molecule has 0 saturated carbocycles. The van der Waals surface area contributed by atoms with Gasteiger partial charge < -0.3 is 0 Å². The van der Waals surface area contributed by atoms with Crippen molar-refractivity contribution >= 4 is 10.5 Å². The van der Waals surface area contributed by atoms with Crippen LogP contribution in [-0.4, -0.2) is 16.1 Å². The van der Waals surface area contributed by atoms with Gasteiger partial charge in [-0.1, -0.05) is 66.7 Å². The van der Waals surface area contributed by atoms with E-state index in [0.717, 1.165) is 6.42 Å². The van der Waals surface area contributed by atoms with Crippen LogP contribution in [0.4, 0.5) is 0 Å². The molecule has 0 amide bonds. The molecule has 17 heavy (non-hydrogen) atoms. The summed E-state index contributed by atoms with van der Waals surface area (Å²) in [6.45, 7) is 11.2. The molecular formula is C14H32O2Si. The van der Waals surface area contributed by atoms with Crippen molar-refractivity contribution in [2.24, 2.45) is 11.8 Å². The van der Waals surface area contributed by atoms with Crippen LogP contribution in [0.15, 0.2) is 0 Å². The molecule has 0 saturated heterocycles. The van der Waals surface area contributed by atoms with Crippen LogP contribution >= 0.6 is 0 Å². The molecule has 0 aromatic carbocycles. The second-order valence-electron chi connectivity index (χ2n) is 5.68. The molecule has 104 valence electrons. The topological polar surface area (TPSA) is 18.5 Å². The maximum atomic E-state index is 5.72. The van der Waals surface area contributed by atoms with Crippen molar-refractivity contribution in [3.05, 3.63) is 0 Å². The summed E-state index contributed by atoms with van der Waals surface area (Å²) in [6.07, 6.45) is 7.70. The van der Waals surface area contributed by atoms with E-state index in [2.05, 4.69) is 34.6 Å². The highest BCUT2D eigenvalue weighted by molar-refractivity contribution is 5.97. The number of unbranched alkanes of at least 4 members (excludes halogenated alkanes) is 4. The lowest BCUT2D eigenvalue weighted by molar-refractivity contribution is -0.321. The summed E-state index contributed by atoms with van der Waals surface area (Å²) in [4.78, 5) is 5.72. The van der Waals surface area contributed by atoms with Gasteiger partial charge in [0, 0.05) is 0 Å². The molecule has 0 radical (unpaired) electrons. The zero-order valence-corrected chi connectivity index (χ0v) is 14.7. The molecule has 0 aromatic heterocycles. The predicted molar refractivity (Wildman–Crippen MR) is 77.9 cm³/mol. The molecule has 0 aromatic rings. The smallest absolute Gasteiger partial charge is 0.193 e. The highest BCUT2D eigenvalue weighted by Gasteiger charge is 2.38. The molecule has 0 fully saturated rings. The first-order chi connectivity index (χ1) is 8.01. The van der Waals surface area contributed by atoms with Crippen molar-refractivity contribution in [3.63, 3.8) is 0 Å². The summed E-state index contributed by atoms with van der Waals surface area (Å²) < 4.78 is 5.15. The highest BCUT2D eigenvalue weighted by Crippen LogP contribution is 2.35.